The summed E-state index contributed by atoms with van der Waals surface area (Å²) in [6.45, 7) is -0.311. The molecule has 0 heterocycles. The molecule has 2 aromatic rings. The van der Waals surface area contributed by atoms with E-state index in [9.17, 15) is 18.0 Å². The van der Waals surface area contributed by atoms with E-state index in [1.807, 2.05) is 0 Å². The zero-order valence-corrected chi connectivity index (χ0v) is 10.3. The van der Waals surface area contributed by atoms with Gasteiger partial charge in [0.05, 0.1) is 5.69 Å². The molecule has 0 saturated carbocycles. The quantitative estimate of drug-likeness (QED) is 0.849. The number of hydrogen-bond donors (Lipinski definition) is 2. The molecule has 0 aromatic heterocycles. The Morgan fingerprint density at radius 3 is 2.30 bits per heavy atom. The van der Waals surface area contributed by atoms with Crippen LogP contribution in [0.1, 0.15) is 15.9 Å². The Hall–Kier alpha value is -2.50. The number of halogens is 3. The number of nitrogen functional groups attached to an aromatic ring is 1. The first-order chi connectivity index (χ1) is 9.49. The number of benzene rings is 2. The monoisotopic (exact) mass is 280 g/mol. The number of nitrogens with two attached hydrogens (primary N) is 1. The maximum Gasteiger partial charge on any atom is 0.251 e. The van der Waals surface area contributed by atoms with Gasteiger partial charge in [0, 0.05) is 17.7 Å². The van der Waals surface area contributed by atoms with E-state index in [1.54, 1.807) is 0 Å². The van der Waals surface area contributed by atoms with Crippen LogP contribution in [-0.4, -0.2) is 5.91 Å². The summed E-state index contributed by atoms with van der Waals surface area (Å²) in [5, 5.41) is 2.35. The number of nitrogens with one attached hydrogen (secondary N) is 1. The highest BCUT2D eigenvalue weighted by Gasteiger charge is 2.12. The molecule has 0 spiro atoms. The summed E-state index contributed by atoms with van der Waals surface area (Å²) in [5.74, 6) is -2.73. The van der Waals surface area contributed by atoms with Crippen LogP contribution in [0, 0.1) is 17.5 Å². The maximum absolute atomic E-state index is 13.4. The number of hydrogen-bond acceptors (Lipinski definition) is 2. The van der Waals surface area contributed by atoms with Gasteiger partial charge in [-0.15, -0.1) is 0 Å². The van der Waals surface area contributed by atoms with Crippen molar-refractivity contribution in [3.05, 3.63) is 65.0 Å². The molecule has 0 unspecified atom stereocenters. The lowest BCUT2D eigenvalue weighted by Gasteiger charge is -2.08. The lowest BCUT2D eigenvalue weighted by Crippen LogP contribution is -2.24. The van der Waals surface area contributed by atoms with Crippen molar-refractivity contribution in [2.75, 3.05) is 5.73 Å². The topological polar surface area (TPSA) is 55.1 Å². The molecule has 1 amide bonds. The van der Waals surface area contributed by atoms with E-state index in [4.69, 9.17) is 5.73 Å². The Kier molecular flexibility index (Phi) is 3.93. The fraction of sp³-hybridized carbons (Fsp3) is 0.0714. The van der Waals surface area contributed by atoms with E-state index in [0.29, 0.717) is 0 Å². The van der Waals surface area contributed by atoms with E-state index in [1.165, 1.54) is 12.1 Å². The van der Waals surface area contributed by atoms with Crippen LogP contribution < -0.4 is 11.1 Å². The summed E-state index contributed by atoms with van der Waals surface area (Å²) < 4.78 is 39.7. The largest absolute Gasteiger partial charge is 0.396 e. The molecule has 3 N–H and O–H groups in total. The van der Waals surface area contributed by atoms with Gasteiger partial charge in [-0.3, -0.25) is 4.79 Å². The molecule has 0 saturated heterocycles. The van der Waals surface area contributed by atoms with Crippen molar-refractivity contribution in [3.63, 3.8) is 0 Å². The predicted octanol–water partition coefficient (Wildman–Crippen LogP) is 2.62. The van der Waals surface area contributed by atoms with Crippen molar-refractivity contribution < 1.29 is 18.0 Å². The smallest absolute Gasteiger partial charge is 0.251 e. The summed E-state index contributed by atoms with van der Waals surface area (Å²) in [5.41, 5.74) is 5.04. The minimum Gasteiger partial charge on any atom is -0.396 e. The van der Waals surface area contributed by atoms with Gasteiger partial charge >= 0.3 is 0 Å². The van der Waals surface area contributed by atoms with E-state index < -0.39 is 23.4 Å². The number of carbonyl (C=O) groups is 1. The number of amides is 1. The molecule has 2 aromatic carbocycles. The summed E-state index contributed by atoms with van der Waals surface area (Å²) >= 11 is 0. The second-order valence-electron chi connectivity index (χ2n) is 4.12. The molecule has 0 bridgehead atoms. The normalized spacial score (nSPS) is 10.3. The molecule has 20 heavy (non-hydrogen) atoms. The first-order valence-electron chi connectivity index (χ1n) is 5.75. The molecule has 0 atom stereocenters. The maximum atomic E-state index is 13.4. The van der Waals surface area contributed by atoms with Crippen LogP contribution in [0.3, 0.4) is 0 Å². The lowest BCUT2D eigenvalue weighted by atomic mass is 10.1. The molecular weight excluding hydrogens is 269 g/mol. The van der Waals surface area contributed by atoms with Crippen LogP contribution in [0.2, 0.25) is 0 Å². The van der Waals surface area contributed by atoms with Gasteiger partial charge in [-0.1, -0.05) is 6.07 Å². The van der Waals surface area contributed by atoms with Crippen LogP contribution in [-0.2, 0) is 6.54 Å². The molecule has 6 heteroatoms. The fourth-order valence-corrected chi connectivity index (χ4v) is 1.66. The highest BCUT2D eigenvalue weighted by molar-refractivity contribution is 5.94. The van der Waals surface area contributed by atoms with Gasteiger partial charge in [-0.2, -0.15) is 0 Å². The van der Waals surface area contributed by atoms with E-state index in [0.717, 1.165) is 24.3 Å². The van der Waals surface area contributed by atoms with Crippen molar-refractivity contribution in [2.45, 2.75) is 6.54 Å². The van der Waals surface area contributed by atoms with Crippen molar-refractivity contribution in [1.29, 1.82) is 0 Å². The number of rotatable bonds is 3. The summed E-state index contributed by atoms with van der Waals surface area (Å²) in [7, 11) is 0. The van der Waals surface area contributed by atoms with Crippen molar-refractivity contribution >= 4 is 11.6 Å². The highest BCUT2D eigenvalue weighted by Crippen LogP contribution is 2.14. The fourth-order valence-electron chi connectivity index (χ4n) is 1.66. The van der Waals surface area contributed by atoms with E-state index in [2.05, 4.69) is 5.32 Å². The SMILES string of the molecule is Nc1cc(C(=O)NCc2c(F)cccc2F)ccc1F. The molecular formula is C14H11F3N2O. The molecule has 0 aliphatic carbocycles. The standard InChI is InChI=1S/C14H11F3N2O/c15-10-2-1-3-11(16)9(10)7-19-14(20)8-4-5-12(17)13(18)6-8/h1-6H,7,18H2,(H,19,20). The molecule has 0 aliphatic heterocycles. The van der Waals surface area contributed by atoms with Gasteiger partial charge in [-0.05, 0) is 30.3 Å². The van der Waals surface area contributed by atoms with E-state index >= 15 is 0 Å². The zero-order valence-electron chi connectivity index (χ0n) is 10.3. The second-order valence-corrected chi connectivity index (χ2v) is 4.12. The highest BCUT2D eigenvalue weighted by atomic mass is 19.1. The van der Waals surface area contributed by atoms with Gasteiger partial charge < -0.3 is 11.1 Å². The third-order valence-electron chi connectivity index (χ3n) is 2.75. The summed E-state index contributed by atoms with van der Waals surface area (Å²) in [6, 6.07) is 6.87. The molecule has 104 valence electrons. The van der Waals surface area contributed by atoms with Crippen LogP contribution in [0.25, 0.3) is 0 Å². The Labute approximate surface area is 113 Å². The zero-order chi connectivity index (χ0) is 14.7. The Morgan fingerprint density at radius 1 is 1.05 bits per heavy atom. The Bertz CT molecular complexity index is 639. The molecule has 3 nitrogen and oxygen atoms in total. The predicted molar refractivity (Wildman–Crippen MR) is 68.3 cm³/mol. The first-order valence-corrected chi connectivity index (χ1v) is 5.75. The summed E-state index contributed by atoms with van der Waals surface area (Å²) in [4.78, 5) is 11.8. The van der Waals surface area contributed by atoms with Gasteiger partial charge in [-0.25, -0.2) is 13.2 Å². The van der Waals surface area contributed by atoms with Gasteiger partial charge in [0.2, 0.25) is 0 Å². The lowest BCUT2D eigenvalue weighted by molar-refractivity contribution is 0.0950. The van der Waals surface area contributed by atoms with Crippen molar-refractivity contribution in [1.82, 2.24) is 5.32 Å². The average Bonchev–Trinajstić information content (AvgIpc) is 2.41. The average molecular weight is 280 g/mol. The van der Waals surface area contributed by atoms with Crippen LogP contribution >= 0.6 is 0 Å². The third-order valence-corrected chi connectivity index (χ3v) is 2.75. The second kappa shape index (κ2) is 5.64. The van der Waals surface area contributed by atoms with Gasteiger partial charge in [0.15, 0.2) is 0 Å². The third kappa shape index (κ3) is 2.90. The van der Waals surface area contributed by atoms with Crippen LogP contribution in [0.5, 0.6) is 0 Å². The molecule has 2 rings (SSSR count). The molecule has 0 aliphatic rings. The minimum atomic E-state index is -0.746. The number of anilines is 1. The van der Waals surface area contributed by atoms with Gasteiger partial charge in [0.1, 0.15) is 17.5 Å². The first kappa shape index (κ1) is 13.9. The Balaban J connectivity index is 2.11. The van der Waals surface area contributed by atoms with E-state index in [-0.39, 0.29) is 23.4 Å². The molecule has 0 radical (unpaired) electrons. The van der Waals surface area contributed by atoms with Crippen molar-refractivity contribution in [3.8, 4) is 0 Å². The van der Waals surface area contributed by atoms with Gasteiger partial charge in [0.25, 0.3) is 5.91 Å². The minimum absolute atomic E-state index is 0.112. The molecule has 0 fully saturated rings. The van der Waals surface area contributed by atoms with Crippen LogP contribution in [0.4, 0.5) is 18.9 Å². The van der Waals surface area contributed by atoms with Crippen LogP contribution in [0.15, 0.2) is 36.4 Å². The number of carbonyl (C=O) groups excluding carboxylic acids is 1. The van der Waals surface area contributed by atoms with Crippen molar-refractivity contribution in [2.24, 2.45) is 0 Å². The summed E-state index contributed by atoms with van der Waals surface area (Å²) in [6.07, 6.45) is 0. The Morgan fingerprint density at radius 2 is 1.70 bits per heavy atom.